The summed E-state index contributed by atoms with van der Waals surface area (Å²) in [5.41, 5.74) is 0. The lowest BCUT2D eigenvalue weighted by atomic mass is 10.3. The van der Waals surface area contributed by atoms with E-state index in [0.717, 1.165) is 5.75 Å². The summed E-state index contributed by atoms with van der Waals surface area (Å²) < 4.78 is 4.91. The Morgan fingerprint density at radius 1 is 0.812 bits per heavy atom. The molecule has 2 aromatic rings. The van der Waals surface area contributed by atoms with Crippen molar-refractivity contribution in [1.82, 2.24) is 0 Å². The maximum atomic E-state index is 8.65. The summed E-state index contributed by atoms with van der Waals surface area (Å²) in [6.07, 6.45) is 0. The third-order valence-corrected chi connectivity index (χ3v) is 1.81. The zero-order valence-electron chi connectivity index (χ0n) is 9.00. The first-order valence-corrected chi connectivity index (χ1v) is 4.79. The SMILES string of the molecule is COc1ccccc1.Oc1cccc(O)c1. The molecule has 0 aliphatic carbocycles. The first-order valence-electron chi connectivity index (χ1n) is 4.79. The Hall–Kier alpha value is -2.16. The Labute approximate surface area is 94.6 Å². The highest BCUT2D eigenvalue weighted by Crippen LogP contribution is 2.14. The van der Waals surface area contributed by atoms with E-state index in [1.807, 2.05) is 30.3 Å². The predicted molar refractivity (Wildman–Crippen MR) is 62.8 cm³/mol. The van der Waals surface area contributed by atoms with Crippen molar-refractivity contribution in [3.05, 3.63) is 54.6 Å². The molecule has 0 heterocycles. The summed E-state index contributed by atoms with van der Waals surface area (Å²) in [7, 11) is 1.66. The molecule has 0 unspecified atom stereocenters. The lowest BCUT2D eigenvalue weighted by Gasteiger charge is -1.93. The van der Waals surface area contributed by atoms with Crippen LogP contribution in [0.15, 0.2) is 54.6 Å². The molecular formula is C13H14O3. The normalized spacial score (nSPS) is 8.81. The number of phenols is 2. The molecule has 2 rings (SSSR count). The average molecular weight is 218 g/mol. The van der Waals surface area contributed by atoms with Gasteiger partial charge in [0.1, 0.15) is 17.2 Å². The number of aromatic hydroxyl groups is 2. The highest BCUT2D eigenvalue weighted by atomic mass is 16.5. The molecule has 2 N–H and O–H groups in total. The molecular weight excluding hydrogens is 204 g/mol. The van der Waals surface area contributed by atoms with Crippen LogP contribution in [0.25, 0.3) is 0 Å². The Morgan fingerprint density at radius 3 is 1.69 bits per heavy atom. The fourth-order valence-corrected chi connectivity index (χ4v) is 1.05. The van der Waals surface area contributed by atoms with Crippen LogP contribution in [0.3, 0.4) is 0 Å². The summed E-state index contributed by atoms with van der Waals surface area (Å²) in [5, 5.41) is 17.3. The van der Waals surface area contributed by atoms with Gasteiger partial charge in [-0.05, 0) is 24.3 Å². The van der Waals surface area contributed by atoms with Crippen LogP contribution in [0.2, 0.25) is 0 Å². The Kier molecular flexibility index (Phi) is 4.73. The average Bonchev–Trinajstić information content (AvgIpc) is 2.31. The van der Waals surface area contributed by atoms with Crippen molar-refractivity contribution >= 4 is 0 Å². The van der Waals surface area contributed by atoms with E-state index in [-0.39, 0.29) is 11.5 Å². The molecule has 0 fully saturated rings. The van der Waals surface area contributed by atoms with E-state index in [0.29, 0.717) is 0 Å². The quantitative estimate of drug-likeness (QED) is 0.773. The minimum Gasteiger partial charge on any atom is -0.508 e. The van der Waals surface area contributed by atoms with Gasteiger partial charge in [-0.25, -0.2) is 0 Å². The first-order chi connectivity index (χ1) is 7.72. The molecule has 0 saturated carbocycles. The fourth-order valence-electron chi connectivity index (χ4n) is 1.05. The van der Waals surface area contributed by atoms with Gasteiger partial charge in [0.2, 0.25) is 0 Å². The molecule has 0 saturated heterocycles. The smallest absolute Gasteiger partial charge is 0.119 e. The van der Waals surface area contributed by atoms with Crippen LogP contribution in [-0.4, -0.2) is 17.3 Å². The van der Waals surface area contributed by atoms with Gasteiger partial charge in [0.15, 0.2) is 0 Å². The number of methoxy groups -OCH3 is 1. The second kappa shape index (κ2) is 6.35. The molecule has 0 aromatic heterocycles. The molecule has 0 amide bonds. The second-order valence-corrected chi connectivity index (χ2v) is 3.04. The molecule has 0 aliphatic rings. The maximum Gasteiger partial charge on any atom is 0.119 e. The molecule has 84 valence electrons. The Bertz CT molecular complexity index is 395. The van der Waals surface area contributed by atoms with Gasteiger partial charge in [-0.3, -0.25) is 0 Å². The van der Waals surface area contributed by atoms with Gasteiger partial charge in [-0.2, -0.15) is 0 Å². The third kappa shape index (κ3) is 4.37. The van der Waals surface area contributed by atoms with Gasteiger partial charge in [0, 0.05) is 6.07 Å². The van der Waals surface area contributed by atoms with Crippen LogP contribution in [0.4, 0.5) is 0 Å². The zero-order valence-corrected chi connectivity index (χ0v) is 9.00. The summed E-state index contributed by atoms with van der Waals surface area (Å²) >= 11 is 0. The van der Waals surface area contributed by atoms with E-state index in [9.17, 15) is 0 Å². The monoisotopic (exact) mass is 218 g/mol. The van der Waals surface area contributed by atoms with Crippen LogP contribution in [0.5, 0.6) is 17.2 Å². The molecule has 3 heteroatoms. The van der Waals surface area contributed by atoms with Gasteiger partial charge in [-0.15, -0.1) is 0 Å². The topological polar surface area (TPSA) is 49.7 Å². The zero-order chi connectivity index (χ0) is 11.8. The van der Waals surface area contributed by atoms with Crippen molar-refractivity contribution in [2.24, 2.45) is 0 Å². The largest absolute Gasteiger partial charge is 0.508 e. The second-order valence-electron chi connectivity index (χ2n) is 3.04. The van der Waals surface area contributed by atoms with Gasteiger partial charge in [0.25, 0.3) is 0 Å². The number of hydrogen-bond acceptors (Lipinski definition) is 3. The number of para-hydroxylation sites is 1. The number of ether oxygens (including phenoxy) is 1. The van der Waals surface area contributed by atoms with Gasteiger partial charge >= 0.3 is 0 Å². The van der Waals surface area contributed by atoms with E-state index in [1.54, 1.807) is 13.2 Å². The molecule has 3 nitrogen and oxygen atoms in total. The highest BCUT2D eigenvalue weighted by Gasteiger charge is 1.85. The van der Waals surface area contributed by atoms with Crippen LogP contribution >= 0.6 is 0 Å². The maximum absolute atomic E-state index is 8.65. The minimum absolute atomic E-state index is 0.0880. The molecule has 2 aromatic carbocycles. The number of hydrogen-bond donors (Lipinski definition) is 2. The van der Waals surface area contributed by atoms with Crippen molar-refractivity contribution < 1.29 is 14.9 Å². The summed E-state index contributed by atoms with van der Waals surface area (Å²) in [5.74, 6) is 1.09. The van der Waals surface area contributed by atoms with Crippen LogP contribution < -0.4 is 4.74 Å². The minimum atomic E-state index is 0.0880. The number of phenolic OH excluding ortho intramolecular Hbond substituents is 2. The van der Waals surface area contributed by atoms with Crippen LogP contribution in [0, 0.1) is 0 Å². The summed E-state index contributed by atoms with van der Waals surface area (Å²) in [4.78, 5) is 0. The van der Waals surface area contributed by atoms with Gasteiger partial charge in [0.05, 0.1) is 7.11 Å². The van der Waals surface area contributed by atoms with E-state index in [1.165, 1.54) is 18.2 Å². The van der Waals surface area contributed by atoms with Crippen molar-refractivity contribution in [3.8, 4) is 17.2 Å². The molecule has 0 aliphatic heterocycles. The molecule has 0 spiro atoms. The van der Waals surface area contributed by atoms with E-state index in [2.05, 4.69) is 0 Å². The Morgan fingerprint density at radius 2 is 1.38 bits per heavy atom. The van der Waals surface area contributed by atoms with Crippen molar-refractivity contribution in [1.29, 1.82) is 0 Å². The van der Waals surface area contributed by atoms with Crippen molar-refractivity contribution in [2.75, 3.05) is 7.11 Å². The standard InChI is InChI=1S/C7H8O.C6H6O2/c1-8-7-5-3-2-4-6-7;7-5-2-1-3-6(8)4-5/h2-6H,1H3;1-4,7-8H. The number of rotatable bonds is 1. The van der Waals surface area contributed by atoms with Gasteiger partial charge in [-0.1, -0.05) is 24.3 Å². The third-order valence-electron chi connectivity index (χ3n) is 1.81. The van der Waals surface area contributed by atoms with Crippen molar-refractivity contribution in [3.63, 3.8) is 0 Å². The first kappa shape index (κ1) is 11.9. The summed E-state index contributed by atoms with van der Waals surface area (Å²) in [6.45, 7) is 0. The van der Waals surface area contributed by atoms with Crippen LogP contribution in [-0.2, 0) is 0 Å². The highest BCUT2D eigenvalue weighted by molar-refractivity contribution is 5.30. The molecule has 16 heavy (non-hydrogen) atoms. The lowest BCUT2D eigenvalue weighted by molar-refractivity contribution is 0.415. The van der Waals surface area contributed by atoms with E-state index >= 15 is 0 Å². The predicted octanol–water partition coefficient (Wildman–Crippen LogP) is 2.79. The number of benzene rings is 2. The van der Waals surface area contributed by atoms with E-state index in [4.69, 9.17) is 14.9 Å². The van der Waals surface area contributed by atoms with Gasteiger partial charge < -0.3 is 14.9 Å². The van der Waals surface area contributed by atoms with Crippen molar-refractivity contribution in [2.45, 2.75) is 0 Å². The Balaban J connectivity index is 0.000000160. The fraction of sp³-hybridized carbons (Fsp3) is 0.0769. The molecule has 0 bridgehead atoms. The molecule has 0 radical (unpaired) electrons. The summed E-state index contributed by atoms with van der Waals surface area (Å²) in [6, 6.07) is 15.5. The lowest BCUT2D eigenvalue weighted by Crippen LogP contribution is -1.78. The van der Waals surface area contributed by atoms with E-state index < -0.39 is 0 Å². The molecule has 0 atom stereocenters. The van der Waals surface area contributed by atoms with Crippen LogP contribution in [0.1, 0.15) is 0 Å².